The molecule has 3 nitrogen and oxygen atoms in total. The molecular weight excluding hydrogens is 380 g/mol. The van der Waals surface area contributed by atoms with E-state index in [0.29, 0.717) is 17.9 Å². The molecule has 0 aromatic carbocycles. The molecule has 7 unspecified atom stereocenters. The second kappa shape index (κ2) is 9.93. The van der Waals surface area contributed by atoms with E-state index in [0.717, 1.165) is 13.1 Å². The molecule has 1 spiro atoms. The van der Waals surface area contributed by atoms with Crippen molar-refractivity contribution in [3.63, 3.8) is 0 Å². The van der Waals surface area contributed by atoms with E-state index >= 15 is 0 Å². The zero-order valence-electron chi connectivity index (χ0n) is 19.6. The van der Waals surface area contributed by atoms with Crippen molar-refractivity contribution in [3.8, 4) is 0 Å². The molecule has 172 valence electrons. The van der Waals surface area contributed by atoms with Gasteiger partial charge in [-0.3, -0.25) is 4.90 Å². The number of rotatable bonds is 0. The average Bonchev–Trinajstić information content (AvgIpc) is 2.78. The zero-order valence-corrected chi connectivity index (χ0v) is 19.6. The van der Waals surface area contributed by atoms with Crippen molar-refractivity contribution in [2.45, 2.75) is 89.2 Å². The Labute approximate surface area is 190 Å². The van der Waals surface area contributed by atoms with Crippen molar-refractivity contribution in [1.82, 2.24) is 9.80 Å². The quantitative estimate of drug-likeness (QED) is 0.533. The summed E-state index contributed by atoms with van der Waals surface area (Å²) < 4.78 is 0. The highest BCUT2D eigenvalue weighted by molar-refractivity contribution is 5.31. The van der Waals surface area contributed by atoms with Crippen molar-refractivity contribution < 1.29 is 5.11 Å². The topological polar surface area (TPSA) is 26.7 Å². The number of hydrogen-bond acceptors (Lipinski definition) is 3. The standard InChI is InChI=1S/C28H44N2O/c31-25-21-29-17-13-9-5-2-1-3-7-11-15-23-19-24-20-30-18-14-10-6-4-8-12-16-28(22-29,26(24)25)27(23)30/h2,4-5,8,19,24-27,31H,1,3,6-7,9-18,20-22H2. The van der Waals surface area contributed by atoms with Crippen LogP contribution in [0.1, 0.15) is 77.0 Å². The number of nitrogens with zero attached hydrogens (tertiary/aromatic N) is 2. The van der Waals surface area contributed by atoms with E-state index in [1.165, 1.54) is 96.7 Å². The van der Waals surface area contributed by atoms with E-state index in [4.69, 9.17) is 0 Å². The van der Waals surface area contributed by atoms with Crippen LogP contribution in [0.3, 0.4) is 0 Å². The van der Waals surface area contributed by atoms with E-state index in [-0.39, 0.29) is 11.5 Å². The second-order valence-corrected chi connectivity index (χ2v) is 11.1. The molecule has 1 aliphatic carbocycles. The maximum atomic E-state index is 11.5. The van der Waals surface area contributed by atoms with E-state index in [9.17, 15) is 5.11 Å². The van der Waals surface area contributed by atoms with Gasteiger partial charge in [0, 0.05) is 37.0 Å². The molecule has 31 heavy (non-hydrogen) atoms. The van der Waals surface area contributed by atoms with Crippen molar-refractivity contribution in [2.24, 2.45) is 17.3 Å². The fraction of sp³-hybridized carbons (Fsp3) is 0.786. The van der Waals surface area contributed by atoms with Gasteiger partial charge in [0.05, 0.1) is 6.10 Å². The van der Waals surface area contributed by atoms with E-state index < -0.39 is 0 Å². The van der Waals surface area contributed by atoms with Crippen LogP contribution in [0.15, 0.2) is 36.0 Å². The van der Waals surface area contributed by atoms with Crippen LogP contribution in [-0.2, 0) is 0 Å². The summed E-state index contributed by atoms with van der Waals surface area (Å²) in [6.07, 6.45) is 27.5. The highest BCUT2D eigenvalue weighted by Crippen LogP contribution is 2.57. The lowest BCUT2D eigenvalue weighted by atomic mass is 9.51. The predicted octanol–water partition coefficient (Wildman–Crippen LogP) is 5.33. The summed E-state index contributed by atoms with van der Waals surface area (Å²) in [6, 6.07) is 0.565. The molecule has 5 heterocycles. The normalized spacial score (nSPS) is 44.1. The Morgan fingerprint density at radius 1 is 0.806 bits per heavy atom. The van der Waals surface area contributed by atoms with Crippen LogP contribution in [0.25, 0.3) is 0 Å². The van der Waals surface area contributed by atoms with Gasteiger partial charge in [0.25, 0.3) is 0 Å². The first-order chi connectivity index (χ1) is 15.3. The summed E-state index contributed by atoms with van der Waals surface area (Å²) in [4.78, 5) is 5.53. The number of aliphatic hydroxyl groups is 1. The summed E-state index contributed by atoms with van der Waals surface area (Å²) in [5.74, 6) is 1.01. The molecule has 6 rings (SSSR count). The van der Waals surface area contributed by atoms with Gasteiger partial charge in [-0.1, -0.05) is 42.4 Å². The number of aliphatic hydroxyl groups excluding tert-OH is 1. The maximum Gasteiger partial charge on any atom is 0.0707 e. The third-order valence-electron chi connectivity index (χ3n) is 8.99. The molecular formula is C28H44N2O. The summed E-state index contributed by atoms with van der Waals surface area (Å²) >= 11 is 0. The Morgan fingerprint density at radius 2 is 1.58 bits per heavy atom. The lowest BCUT2D eigenvalue weighted by molar-refractivity contribution is -0.160. The van der Waals surface area contributed by atoms with Crippen LogP contribution in [0.4, 0.5) is 0 Å². The van der Waals surface area contributed by atoms with Gasteiger partial charge in [-0.05, 0) is 89.6 Å². The number of fused-ring (bicyclic) bond motifs is 1. The molecule has 6 bridgehead atoms. The van der Waals surface area contributed by atoms with Crippen LogP contribution >= 0.6 is 0 Å². The molecule has 1 N–H and O–H groups in total. The molecule has 0 radical (unpaired) electrons. The Bertz CT molecular complexity index is 697. The fourth-order valence-electron chi connectivity index (χ4n) is 7.90. The highest BCUT2D eigenvalue weighted by atomic mass is 16.3. The molecule has 0 aromatic rings. The van der Waals surface area contributed by atoms with Crippen molar-refractivity contribution in [3.05, 3.63) is 36.0 Å². The van der Waals surface area contributed by atoms with Gasteiger partial charge in [-0.2, -0.15) is 0 Å². The largest absolute Gasteiger partial charge is 0.391 e. The summed E-state index contributed by atoms with van der Waals surface area (Å²) in [7, 11) is 0. The summed E-state index contributed by atoms with van der Waals surface area (Å²) in [5, 5.41) is 11.5. The van der Waals surface area contributed by atoms with Crippen LogP contribution in [0.2, 0.25) is 0 Å². The minimum atomic E-state index is -0.165. The van der Waals surface area contributed by atoms with Crippen LogP contribution in [-0.4, -0.2) is 59.8 Å². The maximum absolute atomic E-state index is 11.5. The van der Waals surface area contributed by atoms with E-state index in [1.807, 2.05) is 0 Å². The Kier molecular flexibility index (Phi) is 7.02. The van der Waals surface area contributed by atoms with Crippen LogP contribution in [0, 0.1) is 17.3 Å². The van der Waals surface area contributed by atoms with Gasteiger partial charge in [-0.15, -0.1) is 0 Å². The summed E-state index contributed by atoms with van der Waals surface area (Å²) in [5.41, 5.74) is 1.98. The monoisotopic (exact) mass is 424 g/mol. The highest BCUT2D eigenvalue weighted by Gasteiger charge is 2.61. The second-order valence-electron chi connectivity index (χ2n) is 11.1. The number of allylic oxidation sites excluding steroid dienone is 4. The third-order valence-corrected chi connectivity index (χ3v) is 8.99. The van der Waals surface area contributed by atoms with Gasteiger partial charge >= 0.3 is 0 Å². The van der Waals surface area contributed by atoms with Gasteiger partial charge in [0.15, 0.2) is 0 Å². The molecule has 6 aliphatic rings. The molecule has 0 aromatic heterocycles. The Morgan fingerprint density at radius 3 is 2.45 bits per heavy atom. The lowest BCUT2D eigenvalue weighted by Gasteiger charge is -2.65. The smallest absolute Gasteiger partial charge is 0.0707 e. The molecule has 3 heteroatoms. The van der Waals surface area contributed by atoms with E-state index in [1.54, 1.807) is 5.57 Å². The molecule has 2 saturated heterocycles. The Hall–Kier alpha value is -0.900. The lowest BCUT2D eigenvalue weighted by Crippen LogP contribution is -2.72. The Balaban J connectivity index is 1.51. The molecule has 0 amide bonds. The van der Waals surface area contributed by atoms with Crippen molar-refractivity contribution in [2.75, 3.05) is 32.7 Å². The molecule has 7 atom stereocenters. The third kappa shape index (κ3) is 4.48. The molecule has 0 saturated carbocycles. The van der Waals surface area contributed by atoms with Gasteiger partial charge < -0.3 is 10.0 Å². The number of piperidine rings is 2. The molecule has 2 fully saturated rings. The van der Waals surface area contributed by atoms with Crippen molar-refractivity contribution in [1.29, 1.82) is 0 Å². The SMILES string of the molecule is OC1CN2CCCC=CCCCCCC3=CC4CN5CCCCC=CCCC(C2)(C14)C35. The van der Waals surface area contributed by atoms with E-state index in [2.05, 4.69) is 40.2 Å². The minimum Gasteiger partial charge on any atom is -0.391 e. The zero-order chi connectivity index (χ0) is 21.1. The summed E-state index contributed by atoms with van der Waals surface area (Å²) in [6.45, 7) is 5.66. The first-order valence-electron chi connectivity index (χ1n) is 13.4. The van der Waals surface area contributed by atoms with Crippen molar-refractivity contribution >= 4 is 0 Å². The predicted molar refractivity (Wildman–Crippen MR) is 129 cm³/mol. The van der Waals surface area contributed by atoms with Gasteiger partial charge in [-0.25, -0.2) is 0 Å². The fourth-order valence-corrected chi connectivity index (χ4v) is 7.90. The van der Waals surface area contributed by atoms with Crippen LogP contribution in [0.5, 0.6) is 0 Å². The minimum absolute atomic E-state index is 0.165. The molecule has 5 aliphatic heterocycles. The van der Waals surface area contributed by atoms with Crippen LogP contribution < -0.4 is 0 Å². The first-order valence-corrected chi connectivity index (χ1v) is 13.4. The average molecular weight is 425 g/mol. The van der Waals surface area contributed by atoms with Gasteiger partial charge in [0.2, 0.25) is 0 Å². The first kappa shape index (κ1) is 21.9. The van der Waals surface area contributed by atoms with Gasteiger partial charge in [0.1, 0.15) is 0 Å². The number of hydrogen-bond donors (Lipinski definition) is 1.